The Hall–Kier alpha value is -4.21. The van der Waals surface area contributed by atoms with Gasteiger partial charge in [0.15, 0.2) is 11.4 Å². The maximum Gasteiger partial charge on any atom is 0.341 e. The van der Waals surface area contributed by atoms with Crippen molar-refractivity contribution in [1.29, 1.82) is 5.26 Å². The molecule has 1 heterocycles. The normalized spacial score (nSPS) is 11.9. The number of anilines is 2. The molecular weight excluding hydrogens is 430 g/mol. The Morgan fingerprint density at radius 2 is 2.15 bits per heavy atom. The number of likely N-dealkylation sites (N-methyl/N-ethyl adjacent to an activating group) is 1. The van der Waals surface area contributed by atoms with Gasteiger partial charge in [-0.1, -0.05) is 18.1 Å². The van der Waals surface area contributed by atoms with Crippen LogP contribution in [0.25, 0.3) is 10.9 Å². The second kappa shape index (κ2) is 11.1. The lowest BCUT2D eigenvalue weighted by molar-refractivity contribution is -0.685. The lowest BCUT2D eigenvalue weighted by Gasteiger charge is -2.22. The number of pyridine rings is 1. The summed E-state index contributed by atoms with van der Waals surface area (Å²) in [5.41, 5.74) is 2.68. The molecule has 0 spiro atoms. The van der Waals surface area contributed by atoms with Crippen molar-refractivity contribution in [3.63, 3.8) is 0 Å². The molecule has 2 aromatic carbocycles. The van der Waals surface area contributed by atoms with Crippen molar-refractivity contribution in [3.05, 3.63) is 71.1 Å². The van der Waals surface area contributed by atoms with E-state index in [9.17, 15) is 15.3 Å². The van der Waals surface area contributed by atoms with Gasteiger partial charge in [0.05, 0.1) is 23.4 Å². The molecule has 0 bridgehead atoms. The molecule has 8 heteroatoms. The molecule has 0 aliphatic carbocycles. The summed E-state index contributed by atoms with van der Waals surface area (Å²) in [6.07, 6.45) is 9.84. The summed E-state index contributed by atoms with van der Waals surface area (Å²) >= 11 is 0. The largest absolute Gasteiger partial charge is 0.621 e. The number of nitriles is 1. The van der Waals surface area contributed by atoms with Gasteiger partial charge in [-0.15, -0.1) is 6.42 Å². The minimum atomic E-state index is -0.706. The monoisotopic (exact) mass is 455 g/mol. The molecule has 0 saturated heterocycles. The third-order valence-corrected chi connectivity index (χ3v) is 4.90. The summed E-state index contributed by atoms with van der Waals surface area (Å²) < 4.78 is 5.65. The number of carbonyl (C=O) groups excluding carboxylic acids is 1. The van der Waals surface area contributed by atoms with Crippen molar-refractivity contribution in [2.24, 2.45) is 0 Å². The fourth-order valence-corrected chi connectivity index (χ4v) is 3.30. The highest BCUT2D eigenvalue weighted by atomic mass is 16.5. The van der Waals surface area contributed by atoms with Crippen molar-refractivity contribution in [3.8, 4) is 24.2 Å². The van der Waals surface area contributed by atoms with E-state index in [1.807, 2.05) is 25.1 Å². The highest BCUT2D eigenvalue weighted by Gasteiger charge is 2.21. The molecule has 0 saturated carbocycles. The van der Waals surface area contributed by atoms with Crippen LogP contribution in [-0.4, -0.2) is 43.0 Å². The van der Waals surface area contributed by atoms with E-state index in [4.69, 9.17) is 11.2 Å². The highest BCUT2D eigenvalue weighted by Crippen LogP contribution is 2.34. The van der Waals surface area contributed by atoms with Gasteiger partial charge in [0, 0.05) is 47.6 Å². The van der Waals surface area contributed by atoms with Crippen LogP contribution >= 0.6 is 0 Å². The fourth-order valence-electron chi connectivity index (χ4n) is 3.30. The molecule has 3 aromatic rings. The van der Waals surface area contributed by atoms with Gasteiger partial charge in [-0.2, -0.15) is 5.26 Å². The average molecular weight is 456 g/mol. The van der Waals surface area contributed by atoms with Crippen LogP contribution in [0.15, 0.2) is 54.7 Å². The molecule has 0 aliphatic heterocycles. The van der Waals surface area contributed by atoms with Gasteiger partial charge >= 0.3 is 5.91 Å². The standard InChI is InChI=1S/C26H25N5O3/c1-5-18-9-7-10-20(13-18)29-26-19(16-27)17-28-22-15-24(34-6-2)23(14-21(22)26)31(33)25(32)11-8-12-30(3)4/h1,7-11,13-15,17,31H,6,12H2,2-4H3,(H,28,29)/b11-8+. The van der Waals surface area contributed by atoms with Crippen molar-refractivity contribution in [2.75, 3.05) is 32.6 Å². The van der Waals surface area contributed by atoms with Gasteiger partial charge < -0.3 is 20.2 Å². The predicted molar refractivity (Wildman–Crippen MR) is 132 cm³/mol. The SMILES string of the molecule is C#Cc1cccc(Nc2c(C#N)cnc3cc(OCC)c([NH+]([O-])C(=O)/C=C/CN(C)C)cc23)c1. The number of ether oxygens (including phenoxy) is 1. The summed E-state index contributed by atoms with van der Waals surface area (Å²) in [7, 11) is 3.72. The number of nitrogens with one attached hydrogen (secondary N) is 2. The highest BCUT2D eigenvalue weighted by molar-refractivity contribution is 5.98. The van der Waals surface area contributed by atoms with Gasteiger partial charge in [0.25, 0.3) is 0 Å². The minimum Gasteiger partial charge on any atom is -0.621 e. The predicted octanol–water partition coefficient (Wildman–Crippen LogP) is 2.89. The van der Waals surface area contributed by atoms with Crippen LogP contribution in [0.3, 0.4) is 0 Å². The van der Waals surface area contributed by atoms with Crippen LogP contribution in [0.2, 0.25) is 0 Å². The topological polar surface area (TPSA) is 106 Å². The number of benzene rings is 2. The van der Waals surface area contributed by atoms with E-state index in [1.54, 1.807) is 43.3 Å². The summed E-state index contributed by atoms with van der Waals surface area (Å²) in [5.74, 6) is 2.17. The van der Waals surface area contributed by atoms with Crippen molar-refractivity contribution in [2.45, 2.75) is 6.92 Å². The van der Waals surface area contributed by atoms with Crippen LogP contribution in [0, 0.1) is 28.9 Å². The molecule has 34 heavy (non-hydrogen) atoms. The van der Waals surface area contributed by atoms with Crippen molar-refractivity contribution in [1.82, 2.24) is 9.88 Å². The molecule has 1 amide bonds. The number of hydroxylamine groups is 1. The smallest absolute Gasteiger partial charge is 0.341 e. The Morgan fingerprint density at radius 3 is 2.82 bits per heavy atom. The lowest BCUT2D eigenvalue weighted by atomic mass is 10.1. The number of terminal acetylenes is 1. The Bertz CT molecular complexity index is 1320. The summed E-state index contributed by atoms with van der Waals surface area (Å²) in [6.45, 7) is 2.61. The number of quaternary nitrogens is 1. The van der Waals surface area contributed by atoms with E-state index in [-0.39, 0.29) is 17.0 Å². The van der Waals surface area contributed by atoms with Crippen LogP contribution in [0.4, 0.5) is 17.1 Å². The number of aromatic nitrogens is 1. The average Bonchev–Trinajstić information content (AvgIpc) is 2.83. The number of hydrogen-bond acceptors (Lipinski definition) is 7. The number of hydrogen-bond donors (Lipinski definition) is 2. The summed E-state index contributed by atoms with van der Waals surface area (Å²) in [4.78, 5) is 18.8. The van der Waals surface area contributed by atoms with E-state index < -0.39 is 11.0 Å². The molecule has 0 radical (unpaired) electrons. The maximum absolute atomic E-state index is 13.0. The summed E-state index contributed by atoms with van der Waals surface area (Å²) in [6, 6.07) is 12.4. The summed E-state index contributed by atoms with van der Waals surface area (Å²) in [5, 5.41) is 25.7. The number of nitrogens with zero attached hydrogens (tertiary/aromatic N) is 3. The molecule has 3 rings (SSSR count). The van der Waals surface area contributed by atoms with Crippen LogP contribution < -0.4 is 15.1 Å². The zero-order chi connectivity index (χ0) is 24.7. The molecule has 1 aromatic heterocycles. The van der Waals surface area contributed by atoms with Crippen molar-refractivity contribution >= 4 is 33.9 Å². The van der Waals surface area contributed by atoms with Gasteiger partial charge in [-0.25, -0.2) is 4.79 Å². The quantitative estimate of drug-likeness (QED) is 0.306. The zero-order valence-corrected chi connectivity index (χ0v) is 19.3. The fraction of sp³-hybridized carbons (Fsp3) is 0.192. The molecule has 1 unspecified atom stereocenters. The number of carbonyl (C=O) groups is 1. The van der Waals surface area contributed by atoms with E-state index >= 15 is 0 Å². The van der Waals surface area contributed by atoms with Gasteiger partial charge in [-0.3, -0.25) is 10.0 Å². The van der Waals surface area contributed by atoms with Crippen LogP contribution in [0.5, 0.6) is 5.75 Å². The van der Waals surface area contributed by atoms with Crippen LogP contribution in [-0.2, 0) is 4.79 Å². The number of amides is 1. The molecule has 8 nitrogen and oxygen atoms in total. The first-order valence-corrected chi connectivity index (χ1v) is 10.6. The van der Waals surface area contributed by atoms with E-state index in [1.165, 1.54) is 12.3 Å². The second-order valence-corrected chi connectivity index (χ2v) is 7.67. The third kappa shape index (κ3) is 5.58. The molecule has 172 valence electrons. The molecule has 1 atom stereocenters. The first-order chi connectivity index (χ1) is 16.4. The third-order valence-electron chi connectivity index (χ3n) is 4.90. The van der Waals surface area contributed by atoms with E-state index in [2.05, 4.69) is 22.3 Å². The first kappa shape index (κ1) is 24.4. The second-order valence-electron chi connectivity index (χ2n) is 7.67. The lowest BCUT2D eigenvalue weighted by Crippen LogP contribution is -3.04. The molecular formula is C26H25N5O3. The molecule has 0 fully saturated rings. The Labute approximate surface area is 198 Å². The zero-order valence-electron chi connectivity index (χ0n) is 19.3. The van der Waals surface area contributed by atoms with E-state index in [0.29, 0.717) is 41.0 Å². The van der Waals surface area contributed by atoms with Gasteiger partial charge in [0.2, 0.25) is 0 Å². The molecule has 0 aliphatic rings. The Balaban J connectivity index is 2.13. The Morgan fingerprint density at radius 1 is 1.35 bits per heavy atom. The van der Waals surface area contributed by atoms with Gasteiger partial charge in [0.1, 0.15) is 6.07 Å². The number of rotatable bonds is 8. The number of fused-ring (bicyclic) bond motifs is 1. The first-order valence-electron chi connectivity index (χ1n) is 10.6. The minimum absolute atomic E-state index is 0.103. The maximum atomic E-state index is 13.0. The van der Waals surface area contributed by atoms with Gasteiger partial charge in [-0.05, 0) is 39.2 Å². The van der Waals surface area contributed by atoms with Crippen LogP contribution in [0.1, 0.15) is 18.1 Å². The molecule has 2 N–H and O–H groups in total. The van der Waals surface area contributed by atoms with E-state index in [0.717, 1.165) is 0 Å². The Kier molecular flexibility index (Phi) is 7.96. The van der Waals surface area contributed by atoms with Crippen molar-refractivity contribution < 1.29 is 14.6 Å².